The third-order valence-corrected chi connectivity index (χ3v) is 4.46. The number of halogens is 1. The molecular formula is C12H13BrO3S. The van der Waals surface area contributed by atoms with E-state index < -0.39 is 9.84 Å². The molecule has 0 bridgehead atoms. The number of hydrogen-bond donors (Lipinski definition) is 0. The molecule has 2 rings (SSSR count). The Morgan fingerprint density at radius 3 is 2.71 bits per heavy atom. The topological polar surface area (TPSA) is 43.4 Å². The molecule has 0 aromatic carbocycles. The largest absolute Gasteiger partial charge is 0.463 e. The summed E-state index contributed by atoms with van der Waals surface area (Å²) in [6, 6.07) is 0. The zero-order chi connectivity index (χ0) is 12.7. The van der Waals surface area contributed by atoms with Crippen molar-refractivity contribution in [1.29, 1.82) is 0 Å². The van der Waals surface area contributed by atoms with Crippen molar-refractivity contribution in [3.63, 3.8) is 0 Å². The van der Waals surface area contributed by atoms with Gasteiger partial charge < -0.3 is 4.74 Å². The summed E-state index contributed by atoms with van der Waals surface area (Å²) in [6.07, 6.45) is 6.05. The van der Waals surface area contributed by atoms with Crippen molar-refractivity contribution in [3.8, 4) is 0 Å². The standard InChI is InChI=1S/C12H13BrO3S/c1-12(2)5-3-4-9(13)11(12)10-8-17(14,15)7-6-16-10/h3-4,6-8H,5H2,1-2H3. The lowest BCUT2D eigenvalue weighted by Crippen LogP contribution is -2.20. The first kappa shape index (κ1) is 12.6. The van der Waals surface area contributed by atoms with Gasteiger partial charge in [-0.25, -0.2) is 8.42 Å². The van der Waals surface area contributed by atoms with Gasteiger partial charge in [0.05, 0.1) is 10.8 Å². The Labute approximate surface area is 110 Å². The third kappa shape index (κ3) is 2.55. The van der Waals surface area contributed by atoms with Gasteiger partial charge in [-0.2, -0.15) is 0 Å². The highest BCUT2D eigenvalue weighted by Crippen LogP contribution is 2.43. The van der Waals surface area contributed by atoms with Gasteiger partial charge in [-0.1, -0.05) is 41.9 Å². The van der Waals surface area contributed by atoms with Crippen molar-refractivity contribution in [2.75, 3.05) is 0 Å². The lowest BCUT2D eigenvalue weighted by Gasteiger charge is -2.31. The normalized spacial score (nSPS) is 25.5. The van der Waals surface area contributed by atoms with Gasteiger partial charge in [-0.15, -0.1) is 0 Å². The van der Waals surface area contributed by atoms with Crippen LogP contribution in [0.5, 0.6) is 0 Å². The summed E-state index contributed by atoms with van der Waals surface area (Å²) in [5, 5.41) is 2.22. The molecule has 17 heavy (non-hydrogen) atoms. The molecule has 0 unspecified atom stereocenters. The van der Waals surface area contributed by atoms with Crippen molar-refractivity contribution in [1.82, 2.24) is 0 Å². The summed E-state index contributed by atoms with van der Waals surface area (Å²) in [7, 11) is -3.30. The third-order valence-electron chi connectivity index (χ3n) is 2.77. The van der Waals surface area contributed by atoms with E-state index in [1.807, 2.05) is 6.08 Å². The summed E-state index contributed by atoms with van der Waals surface area (Å²) in [6.45, 7) is 4.12. The summed E-state index contributed by atoms with van der Waals surface area (Å²) >= 11 is 3.46. The molecule has 0 spiro atoms. The summed E-state index contributed by atoms with van der Waals surface area (Å²) in [5.41, 5.74) is 0.730. The molecule has 5 heteroatoms. The van der Waals surface area contributed by atoms with Crippen LogP contribution in [0.1, 0.15) is 20.3 Å². The highest BCUT2D eigenvalue weighted by atomic mass is 79.9. The highest BCUT2D eigenvalue weighted by molar-refractivity contribution is 9.11. The fourth-order valence-electron chi connectivity index (χ4n) is 1.93. The van der Waals surface area contributed by atoms with Crippen LogP contribution in [0, 0.1) is 5.41 Å². The zero-order valence-electron chi connectivity index (χ0n) is 9.60. The molecule has 1 aliphatic heterocycles. The monoisotopic (exact) mass is 316 g/mol. The summed E-state index contributed by atoms with van der Waals surface area (Å²) in [4.78, 5) is 0. The Morgan fingerprint density at radius 2 is 2.12 bits per heavy atom. The summed E-state index contributed by atoms with van der Waals surface area (Å²) in [5.74, 6) is 0.397. The van der Waals surface area contributed by atoms with E-state index in [0.29, 0.717) is 5.76 Å². The Morgan fingerprint density at radius 1 is 1.41 bits per heavy atom. The SMILES string of the molecule is CC1(C)CC=CC(Br)=C1C1=CS(=O)(=O)C=CO1. The van der Waals surface area contributed by atoms with E-state index in [1.165, 1.54) is 11.7 Å². The van der Waals surface area contributed by atoms with Crippen LogP contribution >= 0.6 is 15.9 Å². The minimum Gasteiger partial charge on any atom is -0.463 e. The number of ether oxygens (including phenoxy) is 1. The van der Waals surface area contributed by atoms with Gasteiger partial charge in [-0.05, 0) is 11.8 Å². The van der Waals surface area contributed by atoms with E-state index >= 15 is 0 Å². The average molecular weight is 317 g/mol. The average Bonchev–Trinajstić information content (AvgIpc) is 2.14. The van der Waals surface area contributed by atoms with E-state index in [0.717, 1.165) is 21.9 Å². The van der Waals surface area contributed by atoms with Gasteiger partial charge in [0.2, 0.25) is 0 Å². The van der Waals surface area contributed by atoms with Crippen LogP contribution in [0.15, 0.2) is 45.0 Å². The Kier molecular flexibility index (Phi) is 3.08. The number of hydrogen-bond acceptors (Lipinski definition) is 3. The molecule has 0 atom stereocenters. The highest BCUT2D eigenvalue weighted by Gasteiger charge is 2.32. The molecule has 92 valence electrons. The summed E-state index contributed by atoms with van der Waals surface area (Å²) < 4.78 is 29.2. The van der Waals surface area contributed by atoms with Crippen molar-refractivity contribution in [2.24, 2.45) is 5.41 Å². The number of allylic oxidation sites excluding steroid dienone is 4. The van der Waals surface area contributed by atoms with E-state index in [1.54, 1.807) is 0 Å². The van der Waals surface area contributed by atoms with Crippen molar-refractivity contribution in [2.45, 2.75) is 20.3 Å². The molecule has 0 amide bonds. The second kappa shape index (κ2) is 4.14. The minimum atomic E-state index is -3.30. The van der Waals surface area contributed by atoms with Crippen LogP contribution in [-0.4, -0.2) is 8.42 Å². The van der Waals surface area contributed by atoms with Gasteiger partial charge in [0.25, 0.3) is 0 Å². The Balaban J connectivity index is 2.54. The maximum Gasteiger partial charge on any atom is 0.199 e. The molecule has 0 fully saturated rings. The molecule has 0 radical (unpaired) electrons. The maximum atomic E-state index is 11.5. The Bertz CT molecular complexity index is 563. The molecular weight excluding hydrogens is 304 g/mol. The van der Waals surface area contributed by atoms with Crippen LogP contribution in [0.2, 0.25) is 0 Å². The first-order chi connectivity index (χ1) is 7.82. The second-order valence-corrected chi connectivity index (χ2v) is 7.21. The van der Waals surface area contributed by atoms with Gasteiger partial charge in [0.15, 0.2) is 9.84 Å². The van der Waals surface area contributed by atoms with Crippen LogP contribution in [0.3, 0.4) is 0 Å². The maximum absolute atomic E-state index is 11.5. The number of rotatable bonds is 1. The van der Waals surface area contributed by atoms with Crippen LogP contribution in [0.25, 0.3) is 0 Å². The smallest absolute Gasteiger partial charge is 0.199 e. The van der Waals surface area contributed by atoms with E-state index in [4.69, 9.17) is 4.74 Å². The lowest BCUT2D eigenvalue weighted by atomic mass is 9.77. The van der Waals surface area contributed by atoms with Crippen LogP contribution in [0.4, 0.5) is 0 Å². The first-order valence-corrected chi connectivity index (χ1v) is 7.59. The Hall–Kier alpha value is -0.810. The van der Waals surface area contributed by atoms with Crippen molar-refractivity contribution in [3.05, 3.63) is 45.0 Å². The fourth-order valence-corrected chi connectivity index (χ4v) is 3.61. The van der Waals surface area contributed by atoms with Gasteiger partial charge in [0, 0.05) is 10.1 Å². The minimum absolute atomic E-state index is 0.153. The zero-order valence-corrected chi connectivity index (χ0v) is 12.0. The van der Waals surface area contributed by atoms with Gasteiger partial charge in [0.1, 0.15) is 12.0 Å². The first-order valence-electron chi connectivity index (χ1n) is 5.19. The van der Waals surface area contributed by atoms with E-state index in [2.05, 4.69) is 35.9 Å². The second-order valence-electron chi connectivity index (χ2n) is 4.67. The fraction of sp³-hybridized carbons (Fsp3) is 0.333. The quantitative estimate of drug-likeness (QED) is 0.745. The molecule has 0 N–H and O–H groups in total. The predicted octanol–water partition coefficient (Wildman–Crippen LogP) is 3.38. The molecule has 3 nitrogen and oxygen atoms in total. The predicted molar refractivity (Wildman–Crippen MR) is 70.7 cm³/mol. The lowest BCUT2D eigenvalue weighted by molar-refractivity contribution is 0.323. The molecule has 0 saturated heterocycles. The van der Waals surface area contributed by atoms with Crippen LogP contribution < -0.4 is 0 Å². The van der Waals surface area contributed by atoms with Crippen molar-refractivity contribution >= 4 is 25.8 Å². The molecule has 1 heterocycles. The van der Waals surface area contributed by atoms with Crippen LogP contribution in [-0.2, 0) is 14.6 Å². The molecule has 1 aliphatic carbocycles. The molecule has 0 aromatic rings. The van der Waals surface area contributed by atoms with Gasteiger partial charge >= 0.3 is 0 Å². The van der Waals surface area contributed by atoms with E-state index in [-0.39, 0.29) is 5.41 Å². The molecule has 0 saturated carbocycles. The molecule has 0 aromatic heterocycles. The number of sulfone groups is 1. The molecule has 2 aliphatic rings. The van der Waals surface area contributed by atoms with E-state index in [9.17, 15) is 8.42 Å². The van der Waals surface area contributed by atoms with Crippen molar-refractivity contribution < 1.29 is 13.2 Å². The van der Waals surface area contributed by atoms with Gasteiger partial charge in [-0.3, -0.25) is 0 Å².